The van der Waals surface area contributed by atoms with Gasteiger partial charge in [-0.3, -0.25) is 4.79 Å². The molecule has 1 N–H and O–H groups in total. The minimum Gasteiger partial charge on any atom is -0.496 e. The molecule has 5 heteroatoms. The maximum Gasteiger partial charge on any atom is 0.235 e. The Kier molecular flexibility index (Phi) is 5.79. The molecule has 1 aliphatic carbocycles. The van der Waals surface area contributed by atoms with E-state index in [0.717, 1.165) is 54.7 Å². The molecule has 1 aliphatic rings. The molecule has 1 amide bonds. The topological polar surface area (TPSA) is 38.3 Å². The summed E-state index contributed by atoms with van der Waals surface area (Å²) in [4.78, 5) is 13.4. The summed E-state index contributed by atoms with van der Waals surface area (Å²) in [5.74, 6) is 0.794. The van der Waals surface area contributed by atoms with Crippen molar-refractivity contribution in [3.05, 3.63) is 57.6 Å². The number of carbonyl (C=O) groups excluding carboxylic acids is 1. The highest BCUT2D eigenvalue weighted by Gasteiger charge is 2.42. The van der Waals surface area contributed by atoms with E-state index in [4.69, 9.17) is 27.9 Å². The van der Waals surface area contributed by atoms with Crippen molar-refractivity contribution in [2.24, 2.45) is 0 Å². The van der Waals surface area contributed by atoms with Crippen LogP contribution in [0.4, 0.5) is 5.69 Å². The van der Waals surface area contributed by atoms with Gasteiger partial charge in [-0.2, -0.15) is 0 Å². The highest BCUT2D eigenvalue weighted by Crippen LogP contribution is 2.44. The Morgan fingerprint density at radius 1 is 1.08 bits per heavy atom. The second kappa shape index (κ2) is 7.89. The van der Waals surface area contributed by atoms with Gasteiger partial charge in [0.1, 0.15) is 5.75 Å². The fraction of sp³-hybridized carbons (Fsp3) is 0.381. The molecule has 3 rings (SSSR count). The zero-order chi connectivity index (χ0) is 18.7. The van der Waals surface area contributed by atoms with Gasteiger partial charge in [0.25, 0.3) is 0 Å². The van der Waals surface area contributed by atoms with Crippen LogP contribution in [-0.2, 0) is 10.2 Å². The minimum absolute atomic E-state index is 0.00834. The number of anilines is 1. The van der Waals surface area contributed by atoms with Crippen molar-refractivity contribution >= 4 is 34.8 Å². The van der Waals surface area contributed by atoms with Crippen LogP contribution in [0.3, 0.4) is 0 Å². The average Bonchev–Trinajstić information content (AvgIpc) is 2.62. The van der Waals surface area contributed by atoms with Crippen molar-refractivity contribution in [2.75, 3.05) is 12.4 Å². The number of amides is 1. The number of halogens is 2. The lowest BCUT2D eigenvalue weighted by Crippen LogP contribution is -2.42. The van der Waals surface area contributed by atoms with E-state index in [1.165, 1.54) is 0 Å². The fourth-order valence-electron chi connectivity index (χ4n) is 3.86. The molecule has 26 heavy (non-hydrogen) atoms. The monoisotopic (exact) mass is 391 g/mol. The van der Waals surface area contributed by atoms with Crippen LogP contribution in [0.1, 0.15) is 43.2 Å². The predicted octanol–water partition coefficient (Wildman–Crippen LogP) is 6.15. The Hall–Kier alpha value is -1.71. The fourth-order valence-corrected chi connectivity index (χ4v) is 4.45. The van der Waals surface area contributed by atoms with E-state index >= 15 is 0 Å². The van der Waals surface area contributed by atoms with Crippen molar-refractivity contribution in [3.8, 4) is 5.75 Å². The van der Waals surface area contributed by atoms with E-state index < -0.39 is 5.41 Å². The minimum atomic E-state index is -0.617. The molecule has 0 aromatic heterocycles. The van der Waals surface area contributed by atoms with Crippen molar-refractivity contribution in [3.63, 3.8) is 0 Å². The van der Waals surface area contributed by atoms with Crippen LogP contribution in [0.25, 0.3) is 0 Å². The number of ether oxygens (including phenoxy) is 1. The van der Waals surface area contributed by atoms with Gasteiger partial charge < -0.3 is 10.1 Å². The average molecular weight is 392 g/mol. The molecule has 2 aromatic rings. The van der Waals surface area contributed by atoms with Gasteiger partial charge >= 0.3 is 0 Å². The molecular formula is C21H23Cl2NO2. The van der Waals surface area contributed by atoms with Gasteiger partial charge in [-0.05, 0) is 61.2 Å². The summed E-state index contributed by atoms with van der Waals surface area (Å²) in [6.07, 6.45) is 4.73. The summed E-state index contributed by atoms with van der Waals surface area (Å²) in [5, 5.41) is 4.23. The molecule has 0 unspecified atom stereocenters. The third-order valence-corrected chi connectivity index (χ3v) is 5.79. The molecule has 0 radical (unpaired) electrons. The first-order valence-electron chi connectivity index (χ1n) is 8.88. The van der Waals surface area contributed by atoms with Crippen molar-refractivity contribution in [1.29, 1.82) is 0 Å². The van der Waals surface area contributed by atoms with Crippen LogP contribution in [-0.4, -0.2) is 13.0 Å². The maximum atomic E-state index is 13.4. The van der Waals surface area contributed by atoms with Crippen LogP contribution in [0.5, 0.6) is 5.75 Å². The zero-order valence-corrected chi connectivity index (χ0v) is 16.6. The van der Waals surface area contributed by atoms with Gasteiger partial charge in [0.05, 0.1) is 12.5 Å². The molecule has 0 bridgehead atoms. The number of rotatable bonds is 4. The number of benzene rings is 2. The Balaban J connectivity index is 1.95. The van der Waals surface area contributed by atoms with Crippen LogP contribution < -0.4 is 10.1 Å². The lowest BCUT2D eigenvalue weighted by molar-refractivity contribution is -0.122. The highest BCUT2D eigenvalue weighted by molar-refractivity contribution is 6.35. The number of hydrogen-bond acceptors (Lipinski definition) is 2. The number of nitrogens with one attached hydrogen (secondary N) is 1. The third kappa shape index (κ3) is 3.70. The molecule has 3 nitrogen and oxygen atoms in total. The van der Waals surface area contributed by atoms with Crippen LogP contribution in [0.15, 0.2) is 36.4 Å². The second-order valence-electron chi connectivity index (χ2n) is 6.91. The SMILES string of the molecule is COc1ccc(NC(=O)C2(c3ccc(Cl)cc3Cl)CCCCC2)cc1C. The normalized spacial score (nSPS) is 16.2. The smallest absolute Gasteiger partial charge is 0.235 e. The molecule has 0 heterocycles. The summed E-state index contributed by atoms with van der Waals surface area (Å²) in [7, 11) is 1.64. The quantitative estimate of drug-likeness (QED) is 0.678. The lowest BCUT2D eigenvalue weighted by atomic mass is 9.68. The van der Waals surface area contributed by atoms with Crippen molar-refractivity contribution < 1.29 is 9.53 Å². The van der Waals surface area contributed by atoms with Crippen molar-refractivity contribution in [1.82, 2.24) is 0 Å². The highest BCUT2D eigenvalue weighted by atomic mass is 35.5. The Morgan fingerprint density at radius 3 is 2.42 bits per heavy atom. The third-order valence-electron chi connectivity index (χ3n) is 5.24. The van der Waals surface area contributed by atoms with Crippen molar-refractivity contribution in [2.45, 2.75) is 44.4 Å². The van der Waals surface area contributed by atoms with E-state index in [-0.39, 0.29) is 5.91 Å². The molecule has 0 atom stereocenters. The molecule has 0 spiro atoms. The van der Waals surface area contributed by atoms with Crippen LogP contribution in [0, 0.1) is 6.92 Å². The molecule has 2 aromatic carbocycles. The number of aryl methyl sites for hydroxylation is 1. The maximum absolute atomic E-state index is 13.4. The van der Waals surface area contributed by atoms with Gasteiger partial charge in [0.15, 0.2) is 0 Å². The van der Waals surface area contributed by atoms with Gasteiger partial charge in [0.2, 0.25) is 5.91 Å². The summed E-state index contributed by atoms with van der Waals surface area (Å²) >= 11 is 12.5. The molecule has 0 saturated heterocycles. The van der Waals surface area contributed by atoms with E-state index in [0.29, 0.717) is 10.0 Å². The lowest BCUT2D eigenvalue weighted by Gasteiger charge is -2.37. The van der Waals surface area contributed by atoms with Gasteiger partial charge in [-0.25, -0.2) is 0 Å². The summed E-state index contributed by atoms with van der Waals surface area (Å²) in [6, 6.07) is 11.1. The Bertz CT molecular complexity index is 814. The molecule has 0 aliphatic heterocycles. The Labute approximate surface area is 164 Å². The van der Waals surface area contributed by atoms with E-state index in [1.807, 2.05) is 37.3 Å². The Morgan fingerprint density at radius 2 is 1.81 bits per heavy atom. The van der Waals surface area contributed by atoms with E-state index in [9.17, 15) is 4.79 Å². The summed E-state index contributed by atoms with van der Waals surface area (Å²) in [6.45, 7) is 1.96. The zero-order valence-electron chi connectivity index (χ0n) is 15.1. The first kappa shape index (κ1) is 19.1. The largest absolute Gasteiger partial charge is 0.496 e. The molecule has 1 saturated carbocycles. The van der Waals surface area contributed by atoms with E-state index in [1.54, 1.807) is 13.2 Å². The first-order chi connectivity index (χ1) is 12.5. The standard InChI is InChI=1S/C21H23Cl2NO2/c1-14-12-16(7-9-19(14)26-2)24-20(25)21(10-4-3-5-11-21)17-8-6-15(22)13-18(17)23/h6-9,12-13H,3-5,10-11H2,1-2H3,(H,24,25). The van der Waals surface area contributed by atoms with E-state index in [2.05, 4.69) is 5.32 Å². The van der Waals surface area contributed by atoms with Crippen LogP contribution in [0.2, 0.25) is 10.0 Å². The van der Waals surface area contributed by atoms with Crippen LogP contribution >= 0.6 is 23.2 Å². The molecule has 1 fully saturated rings. The van der Waals surface area contributed by atoms with Gasteiger partial charge in [-0.15, -0.1) is 0 Å². The predicted molar refractivity (Wildman–Crippen MR) is 108 cm³/mol. The van der Waals surface area contributed by atoms with Gasteiger partial charge in [-0.1, -0.05) is 48.5 Å². The number of carbonyl (C=O) groups is 1. The second-order valence-corrected chi connectivity index (χ2v) is 7.75. The first-order valence-corrected chi connectivity index (χ1v) is 9.63. The molecule has 138 valence electrons. The molecular weight excluding hydrogens is 369 g/mol. The summed E-state index contributed by atoms with van der Waals surface area (Å²) < 4.78 is 5.29. The number of hydrogen-bond donors (Lipinski definition) is 1. The summed E-state index contributed by atoms with van der Waals surface area (Å²) in [5.41, 5.74) is 2.00. The van der Waals surface area contributed by atoms with Gasteiger partial charge in [0, 0.05) is 15.7 Å². The number of methoxy groups -OCH3 is 1.